The van der Waals surface area contributed by atoms with E-state index in [-0.39, 0.29) is 29.1 Å². The van der Waals surface area contributed by atoms with Crippen molar-refractivity contribution in [3.05, 3.63) is 94.4 Å². The van der Waals surface area contributed by atoms with Crippen LogP contribution >= 0.6 is 11.6 Å². The summed E-state index contributed by atoms with van der Waals surface area (Å²) in [5.74, 6) is -3.27. The number of carbonyl (C=O) groups is 1. The number of rotatable bonds is 8. The van der Waals surface area contributed by atoms with Crippen molar-refractivity contribution >= 4 is 39.6 Å². The van der Waals surface area contributed by atoms with E-state index in [2.05, 4.69) is 14.7 Å². The monoisotopic (exact) mass is 501 g/mol. The fourth-order valence-corrected chi connectivity index (χ4v) is 4.22. The van der Waals surface area contributed by atoms with Gasteiger partial charge in [0, 0.05) is 47.2 Å². The first-order valence-corrected chi connectivity index (χ1v) is 11.7. The van der Waals surface area contributed by atoms with E-state index in [0.717, 1.165) is 17.2 Å². The number of aromatic nitrogens is 2. The van der Waals surface area contributed by atoms with Gasteiger partial charge in [-0.2, -0.15) is 0 Å². The number of aryl methyl sites for hydroxylation is 1. The second-order valence-electron chi connectivity index (χ2n) is 7.47. The summed E-state index contributed by atoms with van der Waals surface area (Å²) < 4.78 is 50.7. The number of hydrogen-bond donors (Lipinski definition) is 2. The average molecular weight is 502 g/mol. The minimum absolute atomic E-state index is 0.132. The smallest absolute Gasteiger partial charge is 0.231 e. The molecule has 0 radical (unpaired) electrons. The average Bonchev–Trinajstić information content (AvgIpc) is 2.84. The van der Waals surface area contributed by atoms with E-state index in [9.17, 15) is 17.8 Å². The first-order valence-electron chi connectivity index (χ1n) is 10.2. The third kappa shape index (κ3) is 5.18. The number of halogens is 3. The van der Waals surface area contributed by atoms with Gasteiger partial charge in [-0.1, -0.05) is 17.7 Å². The zero-order valence-electron chi connectivity index (χ0n) is 17.6. The minimum atomic E-state index is -2.18. The SMILES string of the molecule is O=C(c1ccc2ncc(-c3cccnc3)cc2c1)c1c(F)c(F)cc(CCCNS(=O)O)c1Cl. The van der Waals surface area contributed by atoms with Crippen LogP contribution < -0.4 is 4.72 Å². The molecule has 0 bridgehead atoms. The van der Waals surface area contributed by atoms with Gasteiger partial charge in [-0.3, -0.25) is 19.3 Å². The molecule has 0 aliphatic carbocycles. The number of hydrogen-bond acceptors (Lipinski definition) is 4. The highest BCUT2D eigenvalue weighted by Gasteiger charge is 2.24. The van der Waals surface area contributed by atoms with Crippen molar-refractivity contribution in [2.75, 3.05) is 6.54 Å². The predicted molar refractivity (Wildman–Crippen MR) is 127 cm³/mol. The Morgan fingerprint density at radius 1 is 1.12 bits per heavy atom. The highest BCUT2D eigenvalue weighted by atomic mass is 35.5. The number of benzene rings is 2. The van der Waals surface area contributed by atoms with Crippen LogP contribution in [0.2, 0.25) is 5.02 Å². The van der Waals surface area contributed by atoms with E-state index in [1.807, 2.05) is 12.1 Å². The van der Waals surface area contributed by atoms with Crippen LogP contribution in [0, 0.1) is 11.6 Å². The molecule has 1 unspecified atom stereocenters. The summed E-state index contributed by atoms with van der Waals surface area (Å²) in [5, 5.41) is 0.458. The first-order chi connectivity index (χ1) is 16.3. The molecule has 4 aromatic rings. The zero-order valence-corrected chi connectivity index (χ0v) is 19.2. The Labute approximate surface area is 201 Å². The molecule has 1 atom stereocenters. The second-order valence-corrected chi connectivity index (χ2v) is 8.63. The topological polar surface area (TPSA) is 92.2 Å². The molecule has 2 aromatic heterocycles. The highest BCUT2D eigenvalue weighted by Crippen LogP contribution is 2.30. The Kier molecular flexibility index (Phi) is 7.38. The van der Waals surface area contributed by atoms with Crippen LogP contribution in [0.4, 0.5) is 8.78 Å². The van der Waals surface area contributed by atoms with E-state index >= 15 is 0 Å². The van der Waals surface area contributed by atoms with Crippen LogP contribution in [0.25, 0.3) is 22.0 Å². The van der Waals surface area contributed by atoms with Gasteiger partial charge in [0.2, 0.25) is 11.3 Å². The molecule has 4 rings (SSSR count). The van der Waals surface area contributed by atoms with Gasteiger partial charge < -0.3 is 0 Å². The van der Waals surface area contributed by atoms with Crippen LogP contribution in [-0.2, 0) is 17.7 Å². The van der Waals surface area contributed by atoms with Crippen molar-refractivity contribution in [1.29, 1.82) is 0 Å². The molecule has 0 fully saturated rings. The Morgan fingerprint density at radius 3 is 2.68 bits per heavy atom. The van der Waals surface area contributed by atoms with Gasteiger partial charge in [-0.15, -0.1) is 0 Å². The lowest BCUT2D eigenvalue weighted by Crippen LogP contribution is -2.18. The molecule has 0 spiro atoms. The van der Waals surface area contributed by atoms with Crippen LogP contribution in [0.1, 0.15) is 27.9 Å². The number of carbonyl (C=O) groups excluding carboxylic acids is 1. The molecule has 2 heterocycles. The second kappa shape index (κ2) is 10.4. The van der Waals surface area contributed by atoms with E-state index in [4.69, 9.17) is 16.2 Å². The van der Waals surface area contributed by atoms with Crippen LogP contribution in [0.3, 0.4) is 0 Å². The Hall–Kier alpha value is -3.11. The lowest BCUT2D eigenvalue weighted by Gasteiger charge is -2.12. The Balaban J connectivity index is 1.68. The molecule has 6 nitrogen and oxygen atoms in total. The molecular weight excluding hydrogens is 484 g/mol. The third-order valence-electron chi connectivity index (χ3n) is 5.25. The van der Waals surface area contributed by atoms with Gasteiger partial charge in [0.15, 0.2) is 17.4 Å². The van der Waals surface area contributed by atoms with Gasteiger partial charge in [0.05, 0.1) is 16.1 Å². The normalized spacial score (nSPS) is 12.1. The summed E-state index contributed by atoms with van der Waals surface area (Å²) in [6, 6.07) is 11.1. The van der Waals surface area contributed by atoms with E-state index < -0.39 is 34.2 Å². The standard InChI is InChI=1S/C24H18ClF2N3O3S/c25-22-14(3-2-8-30-34(32)33)11-19(26)23(27)21(22)24(31)15-5-6-20-17(9-15)10-18(13-29-20)16-4-1-7-28-12-16/h1,4-7,9-13,30H,2-3,8H2,(H,32,33). The number of fused-ring (bicyclic) bond motifs is 1. The quantitative estimate of drug-likeness (QED) is 0.151. The van der Waals surface area contributed by atoms with Crippen molar-refractivity contribution < 1.29 is 22.3 Å². The van der Waals surface area contributed by atoms with Crippen LogP contribution in [-0.4, -0.2) is 31.1 Å². The maximum atomic E-state index is 14.7. The molecule has 0 aliphatic heterocycles. The van der Waals surface area contributed by atoms with Crippen molar-refractivity contribution in [2.24, 2.45) is 0 Å². The molecular formula is C24H18ClF2N3O3S. The lowest BCUT2D eigenvalue weighted by atomic mass is 9.97. The fourth-order valence-electron chi connectivity index (χ4n) is 3.58. The summed E-state index contributed by atoms with van der Waals surface area (Å²) >= 11 is 4.14. The largest absolute Gasteiger partial charge is 0.294 e. The molecule has 34 heavy (non-hydrogen) atoms. The summed E-state index contributed by atoms with van der Waals surface area (Å²) in [7, 11) is 0. The van der Waals surface area contributed by atoms with Gasteiger partial charge in [0.25, 0.3) is 0 Å². The molecule has 0 amide bonds. The lowest BCUT2D eigenvalue weighted by molar-refractivity contribution is 0.103. The zero-order chi connectivity index (χ0) is 24.2. The minimum Gasteiger partial charge on any atom is -0.294 e. The van der Waals surface area contributed by atoms with Gasteiger partial charge >= 0.3 is 0 Å². The highest BCUT2D eigenvalue weighted by molar-refractivity contribution is 7.77. The van der Waals surface area contributed by atoms with Crippen molar-refractivity contribution in [3.8, 4) is 11.1 Å². The van der Waals surface area contributed by atoms with Crippen molar-refractivity contribution in [1.82, 2.24) is 14.7 Å². The van der Waals surface area contributed by atoms with Crippen molar-refractivity contribution in [2.45, 2.75) is 12.8 Å². The van der Waals surface area contributed by atoms with Gasteiger partial charge in [0.1, 0.15) is 0 Å². The molecule has 0 saturated heterocycles. The maximum absolute atomic E-state index is 14.7. The summed E-state index contributed by atoms with van der Waals surface area (Å²) in [6.07, 6.45) is 5.54. The van der Waals surface area contributed by atoms with Crippen LogP contribution in [0.15, 0.2) is 61.1 Å². The summed E-state index contributed by atoms with van der Waals surface area (Å²) in [4.78, 5) is 21.7. The number of nitrogens with zero attached hydrogens (tertiary/aromatic N) is 2. The molecule has 2 aromatic carbocycles. The predicted octanol–water partition coefficient (Wildman–Crippen LogP) is 5.12. The number of nitrogens with one attached hydrogen (secondary N) is 1. The number of pyridine rings is 2. The molecule has 2 N–H and O–H groups in total. The van der Waals surface area contributed by atoms with E-state index in [1.165, 1.54) is 6.07 Å². The fraction of sp³-hybridized carbons (Fsp3) is 0.125. The van der Waals surface area contributed by atoms with Crippen molar-refractivity contribution in [3.63, 3.8) is 0 Å². The van der Waals surface area contributed by atoms with Gasteiger partial charge in [-0.25, -0.2) is 17.7 Å². The van der Waals surface area contributed by atoms with E-state index in [0.29, 0.717) is 17.3 Å². The summed E-state index contributed by atoms with van der Waals surface area (Å²) in [5.41, 5.74) is 2.08. The van der Waals surface area contributed by atoms with Crippen LogP contribution in [0.5, 0.6) is 0 Å². The van der Waals surface area contributed by atoms with E-state index in [1.54, 1.807) is 36.8 Å². The maximum Gasteiger partial charge on any atom is 0.231 e. The summed E-state index contributed by atoms with van der Waals surface area (Å²) in [6.45, 7) is 0.151. The first kappa shape index (κ1) is 24.0. The number of ketones is 1. The third-order valence-corrected chi connectivity index (χ3v) is 6.13. The molecule has 174 valence electrons. The molecule has 10 heteroatoms. The molecule has 0 aliphatic rings. The van der Waals surface area contributed by atoms with Gasteiger partial charge in [-0.05, 0) is 54.8 Å². The Bertz CT molecular complexity index is 1400. The molecule has 0 saturated carbocycles. The Morgan fingerprint density at radius 2 is 1.94 bits per heavy atom.